The van der Waals surface area contributed by atoms with E-state index in [0.717, 1.165) is 17.3 Å². The van der Waals surface area contributed by atoms with Crippen molar-refractivity contribution in [1.29, 1.82) is 0 Å². The summed E-state index contributed by atoms with van der Waals surface area (Å²) >= 11 is 9.36. The van der Waals surface area contributed by atoms with E-state index in [1.807, 2.05) is 0 Å². The zero-order valence-corrected chi connectivity index (χ0v) is 11.5. The molecule has 1 saturated heterocycles. The lowest BCUT2D eigenvalue weighted by molar-refractivity contribution is 0.0677. The van der Waals surface area contributed by atoms with Crippen molar-refractivity contribution in [2.24, 2.45) is 0 Å². The molecule has 17 heavy (non-hydrogen) atoms. The van der Waals surface area contributed by atoms with Crippen molar-refractivity contribution in [2.45, 2.75) is 18.9 Å². The number of halogens is 2. The number of likely N-dealkylation sites (tertiary alicyclic amines) is 1. The number of rotatable bonds is 2. The monoisotopic (exact) mass is 317 g/mol. The number of aliphatic hydroxyl groups is 1. The summed E-state index contributed by atoms with van der Waals surface area (Å²) in [5.74, 6) is -0.104. The third-order valence-electron chi connectivity index (χ3n) is 3.01. The van der Waals surface area contributed by atoms with Crippen LogP contribution in [0.2, 0.25) is 5.02 Å². The molecule has 1 fully saturated rings. The van der Waals surface area contributed by atoms with Gasteiger partial charge in [-0.25, -0.2) is 0 Å². The maximum Gasteiger partial charge on any atom is 0.255 e. The highest BCUT2D eigenvalue weighted by atomic mass is 79.9. The Bertz CT molecular complexity index is 439. The van der Waals surface area contributed by atoms with E-state index < -0.39 is 0 Å². The first-order valence-corrected chi connectivity index (χ1v) is 6.67. The van der Waals surface area contributed by atoms with Gasteiger partial charge in [-0.05, 0) is 31.0 Å². The van der Waals surface area contributed by atoms with Gasteiger partial charge in [0.05, 0.1) is 23.2 Å². The number of nitrogens with zero attached hydrogens (tertiary/aromatic N) is 1. The summed E-state index contributed by atoms with van der Waals surface area (Å²) in [6, 6.07) is 5.14. The van der Waals surface area contributed by atoms with Crippen molar-refractivity contribution in [3.8, 4) is 0 Å². The summed E-state index contributed by atoms with van der Waals surface area (Å²) in [6.07, 6.45) is 1.79. The van der Waals surface area contributed by atoms with Crippen molar-refractivity contribution in [2.75, 3.05) is 13.2 Å². The molecule has 1 heterocycles. The molecule has 0 bridgehead atoms. The Morgan fingerprint density at radius 3 is 3.06 bits per heavy atom. The van der Waals surface area contributed by atoms with Crippen LogP contribution in [0.4, 0.5) is 0 Å². The third-order valence-corrected chi connectivity index (χ3v) is 3.83. The maximum absolute atomic E-state index is 12.3. The molecule has 92 valence electrons. The van der Waals surface area contributed by atoms with Crippen LogP contribution in [0.1, 0.15) is 23.2 Å². The van der Waals surface area contributed by atoms with Gasteiger partial charge < -0.3 is 10.0 Å². The fourth-order valence-electron chi connectivity index (χ4n) is 2.11. The van der Waals surface area contributed by atoms with Crippen molar-refractivity contribution < 1.29 is 9.90 Å². The molecular weight excluding hydrogens is 305 g/mol. The molecule has 0 saturated carbocycles. The van der Waals surface area contributed by atoms with E-state index in [9.17, 15) is 9.90 Å². The first kappa shape index (κ1) is 12.9. The third kappa shape index (κ3) is 2.64. The Morgan fingerprint density at radius 1 is 1.59 bits per heavy atom. The van der Waals surface area contributed by atoms with Crippen LogP contribution >= 0.6 is 27.5 Å². The number of benzene rings is 1. The summed E-state index contributed by atoms with van der Waals surface area (Å²) in [5.41, 5.74) is 0.487. The standard InChI is InChI=1S/C12H13BrClNO2/c13-8-3-4-11(14)10(6-8)12(17)15-5-1-2-9(15)7-16/h3-4,6,9,16H,1-2,5,7H2. The number of amides is 1. The van der Waals surface area contributed by atoms with E-state index in [-0.39, 0.29) is 18.6 Å². The van der Waals surface area contributed by atoms with Crippen LogP contribution in [0, 0.1) is 0 Å². The minimum atomic E-state index is -0.104. The first-order valence-electron chi connectivity index (χ1n) is 5.50. The largest absolute Gasteiger partial charge is 0.394 e. The van der Waals surface area contributed by atoms with Crippen LogP contribution in [0.5, 0.6) is 0 Å². The second-order valence-corrected chi connectivity index (χ2v) is 5.42. The number of carbonyl (C=O) groups is 1. The van der Waals surface area contributed by atoms with Gasteiger partial charge in [-0.2, -0.15) is 0 Å². The zero-order chi connectivity index (χ0) is 12.4. The minimum absolute atomic E-state index is 0.0113. The molecule has 0 radical (unpaired) electrons. The Hall–Kier alpha value is -0.580. The Balaban J connectivity index is 2.27. The Labute approximate surface area is 114 Å². The van der Waals surface area contributed by atoms with Crippen molar-refractivity contribution in [1.82, 2.24) is 4.90 Å². The molecule has 1 unspecified atom stereocenters. The lowest BCUT2D eigenvalue weighted by Crippen LogP contribution is -2.37. The second-order valence-electron chi connectivity index (χ2n) is 4.10. The number of aliphatic hydroxyl groups excluding tert-OH is 1. The molecule has 1 aromatic rings. The molecule has 0 aromatic heterocycles. The summed E-state index contributed by atoms with van der Waals surface area (Å²) < 4.78 is 0.824. The predicted octanol–water partition coefficient (Wildman–Crippen LogP) is 2.70. The minimum Gasteiger partial charge on any atom is -0.394 e. The van der Waals surface area contributed by atoms with E-state index in [1.165, 1.54) is 0 Å². The van der Waals surface area contributed by atoms with Gasteiger partial charge in [0.2, 0.25) is 0 Å². The van der Waals surface area contributed by atoms with Crippen molar-refractivity contribution in [3.05, 3.63) is 33.3 Å². The van der Waals surface area contributed by atoms with Gasteiger partial charge >= 0.3 is 0 Å². The maximum atomic E-state index is 12.3. The molecule has 1 amide bonds. The average molecular weight is 319 g/mol. The van der Waals surface area contributed by atoms with E-state index in [1.54, 1.807) is 23.1 Å². The summed E-state index contributed by atoms with van der Waals surface area (Å²) in [7, 11) is 0. The summed E-state index contributed by atoms with van der Waals surface area (Å²) in [6.45, 7) is 0.699. The molecule has 1 aromatic carbocycles. The molecule has 3 nitrogen and oxygen atoms in total. The van der Waals surface area contributed by atoms with Crippen LogP contribution < -0.4 is 0 Å². The fraction of sp³-hybridized carbons (Fsp3) is 0.417. The van der Waals surface area contributed by atoms with Gasteiger partial charge in [0.25, 0.3) is 5.91 Å². The van der Waals surface area contributed by atoms with Gasteiger partial charge in [0.15, 0.2) is 0 Å². The normalized spacial score (nSPS) is 19.7. The highest BCUT2D eigenvalue weighted by molar-refractivity contribution is 9.10. The summed E-state index contributed by atoms with van der Waals surface area (Å²) in [5, 5.41) is 9.67. The molecule has 2 rings (SSSR count). The molecule has 1 atom stereocenters. The number of carbonyl (C=O) groups excluding carboxylic acids is 1. The van der Waals surface area contributed by atoms with E-state index in [0.29, 0.717) is 17.1 Å². The number of hydrogen-bond acceptors (Lipinski definition) is 2. The fourth-order valence-corrected chi connectivity index (χ4v) is 2.67. The molecule has 0 aliphatic carbocycles. The number of hydrogen-bond donors (Lipinski definition) is 1. The zero-order valence-electron chi connectivity index (χ0n) is 9.20. The van der Waals surface area contributed by atoms with Crippen LogP contribution in [-0.4, -0.2) is 35.1 Å². The second kappa shape index (κ2) is 5.38. The highest BCUT2D eigenvalue weighted by Crippen LogP contribution is 2.26. The van der Waals surface area contributed by atoms with Crippen LogP contribution in [0.3, 0.4) is 0 Å². The van der Waals surface area contributed by atoms with Crippen LogP contribution in [-0.2, 0) is 0 Å². The van der Waals surface area contributed by atoms with E-state index in [2.05, 4.69) is 15.9 Å². The molecule has 1 N–H and O–H groups in total. The molecule has 0 spiro atoms. The Morgan fingerprint density at radius 2 is 2.35 bits per heavy atom. The van der Waals surface area contributed by atoms with Gasteiger partial charge in [0, 0.05) is 11.0 Å². The SMILES string of the molecule is O=C(c1cc(Br)ccc1Cl)N1CCCC1CO. The quantitative estimate of drug-likeness (QED) is 0.911. The van der Waals surface area contributed by atoms with Crippen molar-refractivity contribution >= 4 is 33.4 Å². The molecular formula is C12H13BrClNO2. The van der Waals surface area contributed by atoms with Gasteiger partial charge in [0.1, 0.15) is 0 Å². The molecule has 1 aliphatic rings. The highest BCUT2D eigenvalue weighted by Gasteiger charge is 2.29. The van der Waals surface area contributed by atoms with Gasteiger partial charge in [-0.15, -0.1) is 0 Å². The van der Waals surface area contributed by atoms with Crippen LogP contribution in [0.15, 0.2) is 22.7 Å². The van der Waals surface area contributed by atoms with E-state index >= 15 is 0 Å². The lowest BCUT2D eigenvalue weighted by atomic mass is 10.1. The van der Waals surface area contributed by atoms with Gasteiger partial charge in [-0.1, -0.05) is 27.5 Å². The first-order chi connectivity index (χ1) is 8.13. The Kier molecular flexibility index (Phi) is 4.07. The summed E-state index contributed by atoms with van der Waals surface area (Å²) in [4.78, 5) is 14.0. The molecule has 1 aliphatic heterocycles. The predicted molar refractivity (Wildman–Crippen MR) is 70.3 cm³/mol. The van der Waals surface area contributed by atoms with Crippen molar-refractivity contribution in [3.63, 3.8) is 0 Å². The lowest BCUT2D eigenvalue weighted by Gasteiger charge is -2.23. The topological polar surface area (TPSA) is 40.5 Å². The molecule has 5 heteroatoms. The average Bonchev–Trinajstić information content (AvgIpc) is 2.79. The van der Waals surface area contributed by atoms with Crippen LogP contribution in [0.25, 0.3) is 0 Å². The van der Waals surface area contributed by atoms with E-state index in [4.69, 9.17) is 11.6 Å². The van der Waals surface area contributed by atoms with Gasteiger partial charge in [-0.3, -0.25) is 4.79 Å². The smallest absolute Gasteiger partial charge is 0.255 e.